The quantitative estimate of drug-likeness (QED) is 0.0646. The molecule has 4 rings (SSSR count). The van der Waals surface area contributed by atoms with Crippen LogP contribution in [0.15, 0.2) is 103 Å². The number of hydrogen-bond donors (Lipinski definition) is 6. The van der Waals surface area contributed by atoms with Crippen molar-refractivity contribution >= 4 is 76.3 Å². The minimum absolute atomic E-state index is 0.0293. The van der Waals surface area contributed by atoms with Gasteiger partial charge in [-0.1, -0.05) is 108 Å². The number of carbonyl (C=O) groups is 8. The average molecular weight is 919 g/mol. The standard InChI is InChI=1S/C46H49Cl2N5O11/c1-26-15-20-34(21-16-26)50-44(59)39(63-28(3)54)40(64-29(4)55)45(60)53-37(23-31-13-9-6-10-14-31)42(57)52-38(24-32-18-19-33(47)25-35(32)48)43(58)51-36(41(56)49-27(2)46(61)62)22-17-30-11-7-5-8-12-30/h5-16,18-21,25,27,36-40H,17,22-24H2,1-4H3,(H,49,56)(H,50,59)(H,51,58)(H,52,57)(H,53,60)(H,61,62). The van der Waals surface area contributed by atoms with Crippen LogP contribution in [-0.2, 0) is 67.1 Å². The van der Waals surface area contributed by atoms with E-state index >= 15 is 0 Å². The SMILES string of the molecule is CC(=O)OC(C(=O)Nc1ccc(C)cc1)C(OC(C)=O)C(=O)NC(Cc1ccccc1)C(=O)NC(Cc1ccc(Cl)cc1Cl)C(=O)NC(CCc1ccccc1)C(=O)NC(C)C(=O)O. The van der Waals surface area contributed by atoms with E-state index in [0.717, 1.165) is 25.0 Å². The highest BCUT2D eigenvalue weighted by Gasteiger charge is 2.41. The number of rotatable bonds is 21. The van der Waals surface area contributed by atoms with Crippen molar-refractivity contribution in [2.45, 2.75) is 89.8 Å². The second kappa shape index (κ2) is 24.2. The van der Waals surface area contributed by atoms with Gasteiger partial charge in [0.15, 0.2) is 0 Å². The van der Waals surface area contributed by atoms with Crippen LogP contribution in [0.1, 0.15) is 49.4 Å². The molecule has 0 aliphatic carbocycles. The molecular weight excluding hydrogens is 869 g/mol. The number of aryl methyl sites for hydroxylation is 2. The van der Waals surface area contributed by atoms with E-state index in [9.17, 15) is 43.5 Å². The molecule has 0 aliphatic rings. The molecule has 5 amide bonds. The predicted molar refractivity (Wildman–Crippen MR) is 237 cm³/mol. The summed E-state index contributed by atoms with van der Waals surface area (Å²) in [4.78, 5) is 107. The van der Waals surface area contributed by atoms with E-state index in [1.165, 1.54) is 25.1 Å². The molecule has 4 aromatic rings. The Kier molecular flexibility index (Phi) is 18.8. The second-order valence-corrected chi connectivity index (χ2v) is 15.7. The fraction of sp³-hybridized carbons (Fsp3) is 0.304. The summed E-state index contributed by atoms with van der Waals surface area (Å²) in [5.74, 6) is -8.16. The van der Waals surface area contributed by atoms with E-state index in [1.807, 2.05) is 25.1 Å². The van der Waals surface area contributed by atoms with Crippen LogP contribution >= 0.6 is 23.2 Å². The Morgan fingerprint density at radius 3 is 1.64 bits per heavy atom. The van der Waals surface area contributed by atoms with Gasteiger partial charge in [-0.15, -0.1) is 0 Å². The third kappa shape index (κ3) is 15.8. The lowest BCUT2D eigenvalue weighted by Crippen LogP contribution is -2.60. The van der Waals surface area contributed by atoms with Crippen molar-refractivity contribution in [2.24, 2.45) is 0 Å². The van der Waals surface area contributed by atoms with Crippen LogP contribution in [0.5, 0.6) is 0 Å². The van der Waals surface area contributed by atoms with Crippen LogP contribution in [0.3, 0.4) is 0 Å². The molecule has 16 nitrogen and oxygen atoms in total. The van der Waals surface area contributed by atoms with Crippen molar-refractivity contribution in [3.63, 3.8) is 0 Å². The van der Waals surface area contributed by atoms with Crippen LogP contribution in [0.4, 0.5) is 5.69 Å². The Balaban J connectivity index is 1.70. The Hall–Kier alpha value is -6.78. The fourth-order valence-electron chi connectivity index (χ4n) is 6.29. The molecule has 0 heterocycles. The number of ether oxygens (including phenoxy) is 2. The third-order valence-electron chi connectivity index (χ3n) is 9.61. The van der Waals surface area contributed by atoms with E-state index < -0.39 is 83.8 Å². The molecule has 4 aromatic carbocycles. The maximum absolute atomic E-state index is 14.5. The van der Waals surface area contributed by atoms with Gasteiger partial charge in [0.05, 0.1) is 0 Å². The second-order valence-electron chi connectivity index (χ2n) is 14.8. The smallest absolute Gasteiger partial charge is 0.325 e. The lowest BCUT2D eigenvalue weighted by molar-refractivity contribution is -0.173. The number of carboxylic acids is 1. The molecule has 0 bridgehead atoms. The van der Waals surface area contributed by atoms with Crippen molar-refractivity contribution in [3.8, 4) is 0 Å². The number of aliphatic carboxylic acids is 1. The predicted octanol–water partition coefficient (Wildman–Crippen LogP) is 4.27. The van der Waals surface area contributed by atoms with Gasteiger partial charge in [0, 0.05) is 42.4 Å². The molecule has 338 valence electrons. The van der Waals surface area contributed by atoms with E-state index in [2.05, 4.69) is 26.6 Å². The zero-order valence-electron chi connectivity index (χ0n) is 35.4. The maximum Gasteiger partial charge on any atom is 0.325 e. The molecule has 0 saturated carbocycles. The molecule has 6 unspecified atom stereocenters. The molecule has 0 aromatic heterocycles. The first-order valence-electron chi connectivity index (χ1n) is 20.1. The zero-order chi connectivity index (χ0) is 46.9. The first-order chi connectivity index (χ1) is 30.4. The van der Waals surface area contributed by atoms with Crippen LogP contribution in [0, 0.1) is 6.92 Å². The van der Waals surface area contributed by atoms with E-state index in [0.29, 0.717) is 17.5 Å². The molecule has 0 spiro atoms. The Labute approximate surface area is 379 Å². The maximum atomic E-state index is 14.5. The summed E-state index contributed by atoms with van der Waals surface area (Å²) in [6.45, 7) is 5.05. The lowest BCUT2D eigenvalue weighted by atomic mass is 10.0. The van der Waals surface area contributed by atoms with Crippen molar-refractivity contribution in [1.29, 1.82) is 0 Å². The van der Waals surface area contributed by atoms with Crippen LogP contribution < -0.4 is 26.6 Å². The van der Waals surface area contributed by atoms with Gasteiger partial charge < -0.3 is 41.2 Å². The lowest BCUT2D eigenvalue weighted by Gasteiger charge is -2.28. The summed E-state index contributed by atoms with van der Waals surface area (Å²) < 4.78 is 10.5. The highest BCUT2D eigenvalue weighted by Crippen LogP contribution is 2.23. The number of nitrogens with one attached hydrogen (secondary N) is 5. The number of amides is 5. The van der Waals surface area contributed by atoms with Gasteiger partial charge in [-0.05, 0) is 67.6 Å². The minimum atomic E-state index is -2.11. The first kappa shape index (κ1) is 49.9. The summed E-state index contributed by atoms with van der Waals surface area (Å²) in [5.41, 5.74) is 2.88. The van der Waals surface area contributed by atoms with E-state index in [-0.39, 0.29) is 35.0 Å². The monoisotopic (exact) mass is 917 g/mol. The van der Waals surface area contributed by atoms with Gasteiger partial charge >= 0.3 is 17.9 Å². The molecule has 0 saturated heterocycles. The van der Waals surface area contributed by atoms with Crippen molar-refractivity contribution in [1.82, 2.24) is 21.3 Å². The molecule has 0 fully saturated rings. The molecule has 0 aliphatic heterocycles. The van der Waals surface area contributed by atoms with Gasteiger partial charge in [-0.25, -0.2) is 0 Å². The Bertz CT molecular complexity index is 2300. The van der Waals surface area contributed by atoms with Gasteiger partial charge in [0.1, 0.15) is 24.2 Å². The topological polar surface area (TPSA) is 235 Å². The summed E-state index contributed by atoms with van der Waals surface area (Å²) in [6, 6.07) is 22.9. The summed E-state index contributed by atoms with van der Waals surface area (Å²) >= 11 is 12.7. The Morgan fingerprint density at radius 2 is 1.09 bits per heavy atom. The van der Waals surface area contributed by atoms with E-state index in [4.69, 9.17) is 32.7 Å². The number of carbonyl (C=O) groups excluding carboxylic acids is 7. The number of hydrogen-bond acceptors (Lipinski definition) is 10. The molecule has 0 radical (unpaired) electrons. The van der Waals surface area contributed by atoms with Gasteiger partial charge in [-0.2, -0.15) is 0 Å². The molecular formula is C46H49Cl2N5O11. The number of benzene rings is 4. The number of anilines is 1. The van der Waals surface area contributed by atoms with Crippen LogP contribution in [-0.4, -0.2) is 88.9 Å². The van der Waals surface area contributed by atoms with E-state index in [1.54, 1.807) is 66.7 Å². The molecule has 18 heteroatoms. The average Bonchev–Trinajstić information content (AvgIpc) is 3.24. The number of esters is 2. The van der Waals surface area contributed by atoms with Crippen LogP contribution in [0.25, 0.3) is 0 Å². The molecule has 6 N–H and O–H groups in total. The highest BCUT2D eigenvalue weighted by molar-refractivity contribution is 6.35. The highest BCUT2D eigenvalue weighted by atomic mass is 35.5. The summed E-state index contributed by atoms with van der Waals surface area (Å²) in [6.07, 6.45) is -4.28. The Morgan fingerprint density at radius 1 is 0.594 bits per heavy atom. The largest absolute Gasteiger partial charge is 0.480 e. The first-order valence-corrected chi connectivity index (χ1v) is 20.8. The van der Waals surface area contributed by atoms with Gasteiger partial charge in [-0.3, -0.25) is 38.4 Å². The van der Waals surface area contributed by atoms with Crippen molar-refractivity contribution < 1.29 is 52.9 Å². The molecule has 6 atom stereocenters. The number of carboxylic acid groups (broad SMARTS) is 1. The summed E-state index contributed by atoms with van der Waals surface area (Å²) in [7, 11) is 0. The fourth-order valence-corrected chi connectivity index (χ4v) is 6.77. The van der Waals surface area contributed by atoms with Gasteiger partial charge in [0.25, 0.3) is 11.8 Å². The third-order valence-corrected chi connectivity index (χ3v) is 10.2. The van der Waals surface area contributed by atoms with Gasteiger partial charge in [0.2, 0.25) is 29.9 Å². The minimum Gasteiger partial charge on any atom is -0.480 e. The number of halogens is 2. The van der Waals surface area contributed by atoms with Crippen molar-refractivity contribution in [2.75, 3.05) is 5.32 Å². The molecule has 64 heavy (non-hydrogen) atoms. The van der Waals surface area contributed by atoms with Crippen molar-refractivity contribution in [3.05, 3.63) is 135 Å². The summed E-state index contributed by atoms with van der Waals surface area (Å²) in [5, 5.41) is 22.7. The normalized spacial score (nSPS) is 13.6. The van der Waals surface area contributed by atoms with Crippen LogP contribution in [0.2, 0.25) is 10.0 Å². The zero-order valence-corrected chi connectivity index (χ0v) is 36.9.